The van der Waals surface area contributed by atoms with Crippen molar-refractivity contribution in [3.8, 4) is 0 Å². The highest BCUT2D eigenvalue weighted by Gasteiger charge is 2.38. The van der Waals surface area contributed by atoms with Gasteiger partial charge in [0.1, 0.15) is 0 Å². The normalized spacial score (nSPS) is 18.4. The highest BCUT2D eigenvalue weighted by atomic mass is 32.2. The number of fused-ring (bicyclic) bond motifs is 1. The molecule has 33 heavy (non-hydrogen) atoms. The van der Waals surface area contributed by atoms with Crippen molar-refractivity contribution < 1.29 is 18.0 Å². The third-order valence-electron chi connectivity index (χ3n) is 6.85. The summed E-state index contributed by atoms with van der Waals surface area (Å²) < 4.78 is 26.2. The predicted octanol–water partition coefficient (Wildman–Crippen LogP) is 4.07. The van der Waals surface area contributed by atoms with Crippen LogP contribution in [0.5, 0.6) is 0 Å². The SMILES string of the molecule is CC(C1CC1)N(Cc1ccccc1)C(=O)CCC(=O)N(C1CCc2ccccc21)S(C)(=O)=O. The molecule has 7 heteroatoms. The Bertz CT molecular complexity index is 1110. The second-order valence-corrected chi connectivity index (χ2v) is 11.2. The molecule has 0 N–H and O–H groups in total. The Hall–Kier alpha value is -2.67. The molecule has 1 fully saturated rings. The number of carbonyl (C=O) groups is 2. The third-order valence-corrected chi connectivity index (χ3v) is 8.02. The molecule has 2 unspecified atom stereocenters. The van der Waals surface area contributed by atoms with Gasteiger partial charge < -0.3 is 4.90 Å². The topological polar surface area (TPSA) is 74.8 Å². The van der Waals surface area contributed by atoms with Crippen LogP contribution in [0.15, 0.2) is 54.6 Å². The highest BCUT2D eigenvalue weighted by Crippen LogP contribution is 2.38. The van der Waals surface area contributed by atoms with E-state index in [-0.39, 0.29) is 24.8 Å². The van der Waals surface area contributed by atoms with Crippen molar-refractivity contribution in [2.45, 2.75) is 64.1 Å². The molecule has 0 heterocycles. The number of benzene rings is 2. The van der Waals surface area contributed by atoms with E-state index in [9.17, 15) is 18.0 Å². The first kappa shape index (κ1) is 23.5. The number of hydrogen-bond acceptors (Lipinski definition) is 4. The molecular weight excluding hydrogens is 436 g/mol. The summed E-state index contributed by atoms with van der Waals surface area (Å²) in [4.78, 5) is 28.2. The van der Waals surface area contributed by atoms with Crippen molar-refractivity contribution in [1.82, 2.24) is 9.21 Å². The van der Waals surface area contributed by atoms with Crippen LogP contribution in [0.25, 0.3) is 0 Å². The summed E-state index contributed by atoms with van der Waals surface area (Å²) in [5.74, 6) is -0.117. The lowest BCUT2D eigenvalue weighted by atomic mass is 10.1. The zero-order chi connectivity index (χ0) is 23.6. The molecular formula is C26H32N2O4S. The summed E-state index contributed by atoms with van der Waals surface area (Å²) in [5.41, 5.74) is 3.01. The lowest BCUT2D eigenvalue weighted by molar-refractivity contribution is -0.138. The first-order valence-corrected chi connectivity index (χ1v) is 13.5. The van der Waals surface area contributed by atoms with Crippen LogP contribution < -0.4 is 0 Å². The summed E-state index contributed by atoms with van der Waals surface area (Å²) >= 11 is 0. The van der Waals surface area contributed by atoms with Gasteiger partial charge in [0.05, 0.1) is 12.3 Å². The van der Waals surface area contributed by atoms with Gasteiger partial charge in [0.25, 0.3) is 0 Å². The minimum absolute atomic E-state index is 0.00309. The van der Waals surface area contributed by atoms with Gasteiger partial charge in [-0.3, -0.25) is 9.59 Å². The van der Waals surface area contributed by atoms with Gasteiger partial charge in [0.15, 0.2) is 0 Å². The zero-order valence-electron chi connectivity index (χ0n) is 19.3. The molecule has 2 aliphatic carbocycles. The van der Waals surface area contributed by atoms with Gasteiger partial charge >= 0.3 is 0 Å². The lowest BCUT2D eigenvalue weighted by Crippen LogP contribution is -2.41. The minimum atomic E-state index is -3.77. The van der Waals surface area contributed by atoms with E-state index in [0.717, 1.165) is 46.5 Å². The average Bonchev–Trinajstić information content (AvgIpc) is 3.56. The van der Waals surface area contributed by atoms with E-state index in [4.69, 9.17) is 0 Å². The van der Waals surface area contributed by atoms with Crippen molar-refractivity contribution in [1.29, 1.82) is 0 Å². The van der Waals surface area contributed by atoms with E-state index in [1.54, 1.807) is 0 Å². The van der Waals surface area contributed by atoms with Gasteiger partial charge in [-0.15, -0.1) is 0 Å². The first-order chi connectivity index (χ1) is 15.8. The van der Waals surface area contributed by atoms with E-state index in [2.05, 4.69) is 6.92 Å². The zero-order valence-corrected chi connectivity index (χ0v) is 20.1. The summed E-state index contributed by atoms with van der Waals surface area (Å²) in [6.45, 7) is 2.57. The van der Waals surface area contributed by atoms with Crippen LogP contribution in [0.2, 0.25) is 0 Å². The number of nitrogens with zero attached hydrogens (tertiary/aromatic N) is 2. The van der Waals surface area contributed by atoms with Crippen LogP contribution in [0.3, 0.4) is 0 Å². The number of sulfonamides is 1. The van der Waals surface area contributed by atoms with Crippen LogP contribution in [0, 0.1) is 5.92 Å². The largest absolute Gasteiger partial charge is 0.335 e. The number of amides is 2. The van der Waals surface area contributed by atoms with E-state index in [1.165, 1.54) is 0 Å². The van der Waals surface area contributed by atoms with E-state index in [1.807, 2.05) is 59.5 Å². The quantitative estimate of drug-likeness (QED) is 0.556. The smallest absolute Gasteiger partial charge is 0.237 e. The van der Waals surface area contributed by atoms with Crippen molar-refractivity contribution in [3.63, 3.8) is 0 Å². The number of hydrogen-bond donors (Lipinski definition) is 0. The minimum Gasteiger partial charge on any atom is -0.335 e. The van der Waals surface area contributed by atoms with Crippen molar-refractivity contribution >= 4 is 21.8 Å². The Morgan fingerprint density at radius 3 is 2.24 bits per heavy atom. The van der Waals surface area contributed by atoms with Crippen molar-refractivity contribution in [2.75, 3.05) is 6.26 Å². The fourth-order valence-electron chi connectivity index (χ4n) is 4.91. The Kier molecular flexibility index (Phi) is 6.88. The maximum atomic E-state index is 13.2. The fraction of sp³-hybridized carbons (Fsp3) is 0.462. The second kappa shape index (κ2) is 9.67. The molecule has 0 radical (unpaired) electrons. The summed E-state index contributed by atoms with van der Waals surface area (Å²) in [6.07, 6.45) is 4.50. The van der Waals surface area contributed by atoms with Gasteiger partial charge in [-0.2, -0.15) is 0 Å². The van der Waals surface area contributed by atoms with Crippen LogP contribution in [0.1, 0.15) is 61.8 Å². The number of carbonyl (C=O) groups excluding carboxylic acids is 2. The van der Waals surface area contributed by atoms with Gasteiger partial charge in [-0.05, 0) is 55.2 Å². The number of aryl methyl sites for hydroxylation is 1. The van der Waals surface area contributed by atoms with E-state index in [0.29, 0.717) is 18.9 Å². The fourth-order valence-corrected chi connectivity index (χ4v) is 6.05. The molecule has 2 aromatic rings. The molecule has 2 aliphatic rings. The molecule has 176 valence electrons. The standard InChI is InChI=1S/C26H32N2O4S/c1-19(21-12-13-21)27(18-20-8-4-3-5-9-20)25(29)16-17-26(30)28(33(2,31)32)24-15-14-22-10-6-7-11-23(22)24/h3-11,19,21,24H,12-18H2,1-2H3. The Balaban J connectivity index is 1.47. The molecule has 2 aromatic carbocycles. The molecule has 0 aliphatic heterocycles. The predicted molar refractivity (Wildman–Crippen MR) is 128 cm³/mol. The molecule has 0 bridgehead atoms. The Morgan fingerprint density at radius 1 is 0.939 bits per heavy atom. The van der Waals surface area contributed by atoms with E-state index < -0.39 is 22.0 Å². The molecule has 1 saturated carbocycles. The second-order valence-electron chi connectivity index (χ2n) is 9.29. The average molecular weight is 469 g/mol. The Morgan fingerprint density at radius 2 is 1.58 bits per heavy atom. The molecule has 0 saturated heterocycles. The van der Waals surface area contributed by atoms with Crippen LogP contribution in [-0.2, 0) is 32.6 Å². The van der Waals surface area contributed by atoms with Crippen LogP contribution in [-0.4, -0.2) is 41.7 Å². The van der Waals surface area contributed by atoms with Gasteiger partial charge in [-0.25, -0.2) is 12.7 Å². The maximum Gasteiger partial charge on any atom is 0.237 e. The molecule has 2 atom stereocenters. The van der Waals surface area contributed by atoms with Crippen LogP contribution in [0.4, 0.5) is 0 Å². The molecule has 0 spiro atoms. The molecule has 6 nitrogen and oxygen atoms in total. The summed E-state index contributed by atoms with van der Waals surface area (Å²) in [5, 5.41) is 0. The molecule has 2 amide bonds. The van der Waals surface area contributed by atoms with Gasteiger partial charge in [-0.1, -0.05) is 54.6 Å². The molecule has 4 rings (SSSR count). The summed E-state index contributed by atoms with van der Waals surface area (Å²) in [7, 11) is -3.77. The lowest BCUT2D eigenvalue weighted by Gasteiger charge is -2.31. The van der Waals surface area contributed by atoms with Crippen LogP contribution >= 0.6 is 0 Å². The third kappa shape index (κ3) is 5.46. The molecule has 0 aromatic heterocycles. The summed E-state index contributed by atoms with van der Waals surface area (Å²) in [6, 6.07) is 17.1. The Labute approximate surface area is 196 Å². The number of rotatable bonds is 9. The van der Waals surface area contributed by atoms with Gasteiger partial charge in [0, 0.05) is 25.4 Å². The highest BCUT2D eigenvalue weighted by molar-refractivity contribution is 7.88. The van der Waals surface area contributed by atoms with Crippen molar-refractivity contribution in [3.05, 3.63) is 71.3 Å². The van der Waals surface area contributed by atoms with Gasteiger partial charge in [0.2, 0.25) is 21.8 Å². The first-order valence-electron chi connectivity index (χ1n) is 11.7. The van der Waals surface area contributed by atoms with E-state index >= 15 is 0 Å². The maximum absolute atomic E-state index is 13.2. The van der Waals surface area contributed by atoms with Crippen molar-refractivity contribution in [2.24, 2.45) is 5.92 Å². The monoisotopic (exact) mass is 468 g/mol.